The number of carbonyl (C=O) groups is 2. The Morgan fingerprint density at radius 3 is 2.77 bits per heavy atom. The van der Waals surface area contributed by atoms with E-state index >= 15 is 0 Å². The lowest BCUT2D eigenvalue weighted by molar-refractivity contribution is 0.0553. The molecule has 0 unspecified atom stereocenters. The van der Waals surface area contributed by atoms with E-state index in [1.54, 1.807) is 28.2 Å². The fourth-order valence-electron chi connectivity index (χ4n) is 3.80. The number of amides is 2. The third kappa shape index (κ3) is 2.86. The van der Waals surface area contributed by atoms with E-state index in [0.717, 1.165) is 21.1 Å². The van der Waals surface area contributed by atoms with Crippen molar-refractivity contribution in [2.75, 3.05) is 26.7 Å². The number of hydrogen-bond donors (Lipinski definition) is 0. The Bertz CT molecular complexity index is 894. The van der Waals surface area contributed by atoms with Crippen LogP contribution >= 0.6 is 11.3 Å². The predicted octanol–water partition coefficient (Wildman–Crippen LogP) is 3.09. The first-order valence-corrected chi connectivity index (χ1v) is 9.46. The molecule has 2 fully saturated rings. The number of ether oxygens (including phenoxy) is 1. The highest BCUT2D eigenvalue weighted by molar-refractivity contribution is 7.15. The summed E-state index contributed by atoms with van der Waals surface area (Å²) in [6.45, 7) is 5.56. The summed E-state index contributed by atoms with van der Waals surface area (Å²) in [7, 11) is 1.73. The zero-order valence-electron chi connectivity index (χ0n) is 15.1. The summed E-state index contributed by atoms with van der Waals surface area (Å²) in [5.74, 6) is -0.0202. The molecule has 0 saturated carbocycles. The van der Waals surface area contributed by atoms with Crippen LogP contribution in [0.3, 0.4) is 0 Å². The zero-order valence-corrected chi connectivity index (χ0v) is 15.9. The number of nitrogens with zero attached hydrogens (tertiary/aromatic N) is 3. The van der Waals surface area contributed by atoms with E-state index in [-0.39, 0.29) is 12.0 Å². The van der Waals surface area contributed by atoms with Gasteiger partial charge in [0.1, 0.15) is 0 Å². The van der Waals surface area contributed by atoms with Crippen molar-refractivity contribution in [1.29, 1.82) is 0 Å². The second-order valence-corrected chi connectivity index (χ2v) is 8.32. The van der Waals surface area contributed by atoms with Crippen molar-refractivity contribution in [2.24, 2.45) is 0 Å². The van der Waals surface area contributed by atoms with Crippen LogP contribution in [-0.2, 0) is 4.74 Å². The van der Waals surface area contributed by atoms with E-state index in [9.17, 15) is 9.59 Å². The van der Waals surface area contributed by atoms with E-state index in [0.29, 0.717) is 31.6 Å². The molecule has 1 spiro atoms. The molecule has 7 heteroatoms. The highest BCUT2D eigenvalue weighted by Crippen LogP contribution is 2.34. The van der Waals surface area contributed by atoms with Crippen molar-refractivity contribution < 1.29 is 14.3 Å². The normalized spacial score (nSPS) is 22.3. The maximum atomic E-state index is 13.0. The number of likely N-dealkylation sites (N-methyl/N-ethyl adjacent to an activating group) is 1. The lowest BCUT2D eigenvalue weighted by atomic mass is 10.0. The summed E-state index contributed by atoms with van der Waals surface area (Å²) in [4.78, 5) is 33.6. The van der Waals surface area contributed by atoms with E-state index in [2.05, 4.69) is 4.98 Å². The minimum absolute atomic E-state index is 0.0202. The molecule has 0 radical (unpaired) electrons. The molecule has 6 nitrogen and oxygen atoms in total. The Hall–Kier alpha value is -2.41. The number of carbonyl (C=O) groups excluding carboxylic acids is 2. The molecule has 3 heterocycles. The Morgan fingerprint density at radius 2 is 2.12 bits per heavy atom. The molecule has 4 rings (SSSR count). The maximum Gasteiger partial charge on any atom is 0.410 e. The topological polar surface area (TPSA) is 62.7 Å². The lowest BCUT2D eigenvalue weighted by Gasteiger charge is -2.22. The third-order valence-corrected chi connectivity index (χ3v) is 6.14. The number of aryl methyl sites for hydroxylation is 2. The van der Waals surface area contributed by atoms with Crippen LogP contribution < -0.4 is 0 Å². The number of aromatic nitrogens is 1. The standard InChI is InChI=1S/C19H21N3O3S/c1-12-16(26-13(2)20-12)14-5-4-6-15(9-14)17(23)22-8-7-19(11-22)10-21(3)18(24)25-19/h4-6,9H,7-8,10-11H2,1-3H3/t19-/m0/s1. The molecule has 0 aliphatic carbocycles. The lowest BCUT2D eigenvalue weighted by Crippen LogP contribution is -2.39. The van der Waals surface area contributed by atoms with Crippen LogP contribution in [0.5, 0.6) is 0 Å². The summed E-state index contributed by atoms with van der Waals surface area (Å²) in [5, 5.41) is 1.02. The van der Waals surface area contributed by atoms with Gasteiger partial charge in [-0.15, -0.1) is 11.3 Å². The van der Waals surface area contributed by atoms with Crippen molar-refractivity contribution >= 4 is 23.3 Å². The van der Waals surface area contributed by atoms with Crippen LogP contribution in [0.1, 0.15) is 27.5 Å². The molecule has 2 aliphatic heterocycles. The second-order valence-electron chi connectivity index (χ2n) is 7.11. The summed E-state index contributed by atoms with van der Waals surface area (Å²) in [5.41, 5.74) is 2.10. The number of benzene rings is 1. The van der Waals surface area contributed by atoms with Gasteiger partial charge in [0.15, 0.2) is 5.60 Å². The molecule has 1 aromatic heterocycles. The van der Waals surface area contributed by atoms with Gasteiger partial charge >= 0.3 is 6.09 Å². The van der Waals surface area contributed by atoms with Crippen LogP contribution in [0.4, 0.5) is 4.79 Å². The highest BCUT2D eigenvalue weighted by atomic mass is 32.1. The Kier molecular flexibility index (Phi) is 3.99. The van der Waals surface area contributed by atoms with Gasteiger partial charge in [0, 0.05) is 25.6 Å². The average Bonchev–Trinajstić information content (AvgIpc) is 3.25. The largest absolute Gasteiger partial charge is 0.439 e. The summed E-state index contributed by atoms with van der Waals surface area (Å²) < 4.78 is 5.54. The minimum Gasteiger partial charge on any atom is -0.439 e. The molecular formula is C19H21N3O3S. The number of thiazole rings is 1. The molecule has 0 bridgehead atoms. The first kappa shape index (κ1) is 17.0. The van der Waals surface area contributed by atoms with E-state index in [1.165, 1.54) is 0 Å². The molecule has 1 aromatic carbocycles. The van der Waals surface area contributed by atoms with Gasteiger partial charge in [0.25, 0.3) is 5.91 Å². The quantitative estimate of drug-likeness (QED) is 0.814. The van der Waals surface area contributed by atoms with Crippen molar-refractivity contribution in [3.8, 4) is 10.4 Å². The molecule has 1 atom stereocenters. The maximum absolute atomic E-state index is 13.0. The minimum atomic E-state index is -0.551. The molecule has 2 aliphatic rings. The zero-order chi connectivity index (χ0) is 18.5. The molecule has 2 aromatic rings. The van der Waals surface area contributed by atoms with Crippen molar-refractivity contribution in [1.82, 2.24) is 14.8 Å². The van der Waals surface area contributed by atoms with Gasteiger partial charge in [0.2, 0.25) is 0 Å². The molecule has 0 N–H and O–H groups in total. The first-order chi connectivity index (χ1) is 12.4. The van der Waals surface area contributed by atoms with Crippen molar-refractivity contribution in [2.45, 2.75) is 25.9 Å². The third-order valence-electron chi connectivity index (χ3n) is 5.02. The number of hydrogen-bond acceptors (Lipinski definition) is 5. The second kappa shape index (κ2) is 6.09. The average molecular weight is 371 g/mol. The summed E-state index contributed by atoms with van der Waals surface area (Å²) >= 11 is 1.64. The first-order valence-electron chi connectivity index (χ1n) is 8.65. The molecule has 136 valence electrons. The van der Waals surface area contributed by atoms with Crippen molar-refractivity contribution in [3.05, 3.63) is 40.5 Å². The predicted molar refractivity (Wildman–Crippen MR) is 99.4 cm³/mol. The van der Waals surface area contributed by atoms with E-state index < -0.39 is 5.60 Å². The SMILES string of the molecule is Cc1nc(C)c(-c2cccc(C(=O)N3CC[C@]4(CN(C)C(=O)O4)C3)c2)s1. The molecule has 26 heavy (non-hydrogen) atoms. The van der Waals surface area contributed by atoms with Gasteiger partial charge in [-0.05, 0) is 31.5 Å². The fourth-order valence-corrected chi connectivity index (χ4v) is 4.71. The Balaban J connectivity index is 1.55. The smallest absolute Gasteiger partial charge is 0.410 e. The number of likely N-dealkylation sites (tertiary alicyclic amines) is 1. The van der Waals surface area contributed by atoms with Crippen LogP contribution in [0, 0.1) is 13.8 Å². The molecule has 2 amide bonds. The highest BCUT2D eigenvalue weighted by Gasteiger charge is 2.49. The van der Waals surface area contributed by atoms with Crippen LogP contribution in [-0.4, -0.2) is 59.1 Å². The van der Waals surface area contributed by atoms with Crippen LogP contribution in [0.15, 0.2) is 24.3 Å². The Labute approximate surface area is 156 Å². The van der Waals surface area contributed by atoms with Crippen LogP contribution in [0.25, 0.3) is 10.4 Å². The van der Waals surface area contributed by atoms with Gasteiger partial charge < -0.3 is 14.5 Å². The molecular weight excluding hydrogens is 350 g/mol. The van der Waals surface area contributed by atoms with Gasteiger partial charge in [0.05, 0.1) is 28.7 Å². The van der Waals surface area contributed by atoms with E-state index in [4.69, 9.17) is 4.74 Å². The molecule has 2 saturated heterocycles. The van der Waals surface area contributed by atoms with Gasteiger partial charge in [-0.3, -0.25) is 4.79 Å². The summed E-state index contributed by atoms with van der Waals surface area (Å²) in [6.07, 6.45) is 0.374. The summed E-state index contributed by atoms with van der Waals surface area (Å²) in [6, 6.07) is 7.69. The van der Waals surface area contributed by atoms with Gasteiger partial charge in [-0.2, -0.15) is 0 Å². The van der Waals surface area contributed by atoms with Gasteiger partial charge in [-0.25, -0.2) is 9.78 Å². The van der Waals surface area contributed by atoms with Gasteiger partial charge in [-0.1, -0.05) is 12.1 Å². The Morgan fingerprint density at radius 1 is 1.31 bits per heavy atom. The number of rotatable bonds is 2. The van der Waals surface area contributed by atoms with E-state index in [1.807, 2.05) is 38.1 Å². The van der Waals surface area contributed by atoms with Crippen molar-refractivity contribution in [3.63, 3.8) is 0 Å². The monoisotopic (exact) mass is 371 g/mol. The fraction of sp³-hybridized carbons (Fsp3) is 0.421. The van der Waals surface area contributed by atoms with Crippen LogP contribution in [0.2, 0.25) is 0 Å².